The van der Waals surface area contributed by atoms with Gasteiger partial charge in [-0.25, -0.2) is 0 Å². The molecule has 0 spiro atoms. The summed E-state index contributed by atoms with van der Waals surface area (Å²) < 4.78 is 17.1. The SMILES string of the molecule is BP(OCC[N+](C)(C)C)OCC(I)COC(C)=O. The number of quaternary nitrogens is 1. The molecule has 8 heteroatoms. The number of carbonyl (C=O) groups excluding carboxylic acids is 1. The number of likely N-dealkylation sites (N-methyl/N-ethyl adjacent to an activating group) is 1. The molecule has 0 rings (SSSR count). The van der Waals surface area contributed by atoms with Crippen LogP contribution in [0.25, 0.3) is 0 Å². The molecule has 5 nitrogen and oxygen atoms in total. The number of ether oxygens (including phenoxy) is 1. The summed E-state index contributed by atoms with van der Waals surface area (Å²) in [6, 6.07) is 0. The van der Waals surface area contributed by atoms with Crippen LogP contribution in [0.4, 0.5) is 0 Å². The van der Waals surface area contributed by atoms with E-state index in [9.17, 15) is 4.79 Å². The Hall–Kier alpha value is 0.575. The van der Waals surface area contributed by atoms with Gasteiger partial charge in [0, 0.05) is 6.92 Å². The van der Waals surface area contributed by atoms with Gasteiger partial charge < -0.3 is 18.3 Å². The van der Waals surface area contributed by atoms with Crippen molar-refractivity contribution < 1.29 is 23.1 Å². The van der Waals surface area contributed by atoms with Gasteiger partial charge in [0.15, 0.2) is 0 Å². The molecule has 0 aromatic heterocycles. The summed E-state index contributed by atoms with van der Waals surface area (Å²) >= 11 is 2.21. The van der Waals surface area contributed by atoms with Crippen LogP contribution < -0.4 is 0 Å². The van der Waals surface area contributed by atoms with Crippen molar-refractivity contribution in [2.45, 2.75) is 10.8 Å². The highest BCUT2D eigenvalue weighted by atomic mass is 127. The molecule has 0 aromatic rings. The number of hydrogen-bond acceptors (Lipinski definition) is 4. The van der Waals surface area contributed by atoms with Crippen molar-refractivity contribution >= 4 is 44.4 Å². The van der Waals surface area contributed by atoms with E-state index >= 15 is 0 Å². The highest BCUT2D eigenvalue weighted by Crippen LogP contribution is 2.32. The van der Waals surface area contributed by atoms with E-state index in [1.165, 1.54) is 6.92 Å². The molecule has 0 radical (unpaired) electrons. The van der Waals surface area contributed by atoms with E-state index in [0.717, 1.165) is 11.0 Å². The minimum Gasteiger partial charge on any atom is -0.465 e. The summed E-state index contributed by atoms with van der Waals surface area (Å²) in [6.07, 6.45) is 0. The van der Waals surface area contributed by atoms with Gasteiger partial charge in [0.2, 0.25) is 7.57 Å². The topological polar surface area (TPSA) is 44.8 Å². The van der Waals surface area contributed by atoms with Gasteiger partial charge in [0.25, 0.3) is 0 Å². The summed E-state index contributed by atoms with van der Waals surface area (Å²) in [5, 5.41) is 0. The second-order valence-electron chi connectivity index (χ2n) is 4.98. The first-order valence-corrected chi connectivity index (χ1v) is 8.65. The fourth-order valence-corrected chi connectivity index (χ4v) is 2.37. The molecule has 2 unspecified atom stereocenters. The van der Waals surface area contributed by atoms with Crippen molar-refractivity contribution in [1.29, 1.82) is 0 Å². The highest BCUT2D eigenvalue weighted by Gasteiger charge is 2.12. The lowest BCUT2D eigenvalue weighted by Gasteiger charge is -2.24. The van der Waals surface area contributed by atoms with Gasteiger partial charge >= 0.3 is 5.97 Å². The maximum absolute atomic E-state index is 10.6. The molecule has 0 amide bonds. The molecule has 0 heterocycles. The van der Waals surface area contributed by atoms with Crippen molar-refractivity contribution in [2.75, 3.05) is 47.5 Å². The van der Waals surface area contributed by atoms with Gasteiger partial charge in [-0.2, -0.15) is 0 Å². The lowest BCUT2D eigenvalue weighted by molar-refractivity contribution is -0.870. The van der Waals surface area contributed by atoms with E-state index in [1.807, 2.05) is 7.57 Å². The van der Waals surface area contributed by atoms with Crippen molar-refractivity contribution in [3.05, 3.63) is 0 Å². The van der Waals surface area contributed by atoms with E-state index in [2.05, 4.69) is 43.7 Å². The summed E-state index contributed by atoms with van der Waals surface area (Å²) in [7, 11) is 7.48. The van der Waals surface area contributed by atoms with Crippen LogP contribution in [-0.4, -0.2) is 69.5 Å². The molecule has 0 aliphatic carbocycles. The minimum absolute atomic E-state index is 0.165. The zero-order valence-corrected chi connectivity index (χ0v) is 14.9. The van der Waals surface area contributed by atoms with E-state index < -0.39 is 8.25 Å². The largest absolute Gasteiger partial charge is 0.465 e. The normalized spacial score (nSPS) is 15.2. The quantitative estimate of drug-likeness (QED) is 0.147. The van der Waals surface area contributed by atoms with E-state index in [-0.39, 0.29) is 9.89 Å². The Bertz CT molecular complexity index is 253. The van der Waals surface area contributed by atoms with Crippen molar-refractivity contribution in [3.63, 3.8) is 0 Å². The summed E-state index contributed by atoms with van der Waals surface area (Å²) in [6.45, 7) is 3.99. The summed E-state index contributed by atoms with van der Waals surface area (Å²) in [5.74, 6) is -0.255. The maximum Gasteiger partial charge on any atom is 0.302 e. The van der Waals surface area contributed by atoms with Crippen LogP contribution in [0.3, 0.4) is 0 Å². The van der Waals surface area contributed by atoms with Gasteiger partial charge in [-0.15, -0.1) is 0 Å². The van der Waals surface area contributed by atoms with Gasteiger partial charge in [-0.05, 0) is 0 Å². The van der Waals surface area contributed by atoms with E-state index in [1.54, 1.807) is 0 Å². The van der Waals surface area contributed by atoms with Crippen LogP contribution in [0.5, 0.6) is 0 Å². The molecule has 0 fully saturated rings. The smallest absolute Gasteiger partial charge is 0.302 e. The Morgan fingerprint density at radius 2 is 1.94 bits per heavy atom. The molecule has 0 aliphatic heterocycles. The highest BCUT2D eigenvalue weighted by molar-refractivity contribution is 14.1. The molecule has 0 bridgehead atoms. The minimum atomic E-state index is -0.847. The Morgan fingerprint density at radius 3 is 2.44 bits per heavy atom. The maximum atomic E-state index is 10.6. The zero-order valence-electron chi connectivity index (χ0n) is 11.8. The van der Waals surface area contributed by atoms with Crippen LogP contribution in [0, 0.1) is 0 Å². The number of carbonyl (C=O) groups is 1. The standard InChI is InChI=1S/C10H23BINO4P/c1-9(14)15-7-10(12)8-17-18(11)16-6-5-13(2,3)4/h10H,5-8,11H2,1-4H3/q+1. The fourth-order valence-electron chi connectivity index (χ4n) is 0.922. The number of nitrogens with zero attached hydrogens (tertiary/aromatic N) is 1. The Labute approximate surface area is 126 Å². The average molecular weight is 390 g/mol. The van der Waals surface area contributed by atoms with Crippen LogP contribution in [0.2, 0.25) is 0 Å². The van der Waals surface area contributed by atoms with Crippen molar-refractivity contribution in [1.82, 2.24) is 0 Å². The van der Waals surface area contributed by atoms with Gasteiger partial charge in [0.1, 0.15) is 28.0 Å². The molecule has 0 aliphatic rings. The molecule has 0 saturated heterocycles. The number of halogens is 1. The van der Waals surface area contributed by atoms with E-state index in [4.69, 9.17) is 13.8 Å². The third kappa shape index (κ3) is 13.0. The lowest BCUT2D eigenvalue weighted by Crippen LogP contribution is -2.37. The van der Waals surface area contributed by atoms with Crippen LogP contribution >= 0.6 is 30.8 Å². The van der Waals surface area contributed by atoms with Crippen LogP contribution in [0.15, 0.2) is 0 Å². The van der Waals surface area contributed by atoms with Gasteiger partial charge in [-0.1, -0.05) is 22.6 Å². The number of alkyl halides is 1. The predicted octanol–water partition coefficient (Wildman–Crippen LogP) is 0.952. The Kier molecular flexibility index (Phi) is 9.78. The van der Waals surface area contributed by atoms with Gasteiger partial charge in [0.05, 0.1) is 31.7 Å². The van der Waals surface area contributed by atoms with Crippen molar-refractivity contribution in [2.24, 2.45) is 0 Å². The molecule has 0 aromatic carbocycles. The number of rotatable bonds is 9. The fraction of sp³-hybridized carbons (Fsp3) is 0.900. The van der Waals surface area contributed by atoms with Crippen molar-refractivity contribution in [3.8, 4) is 0 Å². The average Bonchev–Trinajstić information content (AvgIpc) is 2.21. The third-order valence-corrected chi connectivity index (χ3v) is 3.72. The molecular weight excluding hydrogens is 367 g/mol. The summed E-state index contributed by atoms with van der Waals surface area (Å²) in [5.41, 5.74) is 0. The zero-order chi connectivity index (χ0) is 14.2. The molecule has 2 atom stereocenters. The molecular formula is C10H23BINO4P+. The third-order valence-electron chi connectivity index (χ3n) is 1.94. The van der Waals surface area contributed by atoms with Crippen LogP contribution in [0.1, 0.15) is 6.92 Å². The van der Waals surface area contributed by atoms with Crippen LogP contribution in [-0.2, 0) is 18.6 Å². The Morgan fingerprint density at radius 1 is 1.33 bits per heavy atom. The first-order chi connectivity index (χ1) is 8.20. The van der Waals surface area contributed by atoms with Gasteiger partial charge in [-0.3, -0.25) is 4.79 Å². The molecule has 106 valence electrons. The second kappa shape index (κ2) is 9.47. The Balaban J connectivity index is 3.57. The molecule has 18 heavy (non-hydrogen) atoms. The lowest BCUT2D eigenvalue weighted by atomic mass is 10.5. The monoisotopic (exact) mass is 390 g/mol. The number of hydrogen-bond donors (Lipinski definition) is 0. The summed E-state index contributed by atoms with van der Waals surface area (Å²) in [4.78, 5) is 10.6. The first kappa shape index (κ1) is 18.6. The molecule has 0 saturated carbocycles. The first-order valence-electron chi connectivity index (χ1n) is 5.78. The second-order valence-corrected chi connectivity index (χ2v) is 8.14. The predicted molar refractivity (Wildman–Crippen MR) is 84.7 cm³/mol. The number of esters is 1. The van der Waals surface area contributed by atoms with E-state index in [0.29, 0.717) is 19.8 Å². The molecule has 0 N–H and O–H groups in total.